The summed E-state index contributed by atoms with van der Waals surface area (Å²) in [5, 5.41) is 2.06. The fraction of sp³-hybridized carbons (Fsp3) is 0.684. The number of alkyl halides is 2. The van der Waals surface area contributed by atoms with Gasteiger partial charge in [-0.1, -0.05) is 114 Å². The quantitative estimate of drug-likeness (QED) is 0.264. The molecule has 0 unspecified atom stereocenters. The molecule has 0 heterocycles. The number of hydrogen-bond acceptors (Lipinski definition) is 0. The Morgan fingerprint density at radius 3 is 2.10 bits per heavy atom. The molecule has 1 rings (SSSR count). The summed E-state index contributed by atoms with van der Waals surface area (Å²) < 4.78 is 0. The van der Waals surface area contributed by atoms with Crippen LogP contribution in [-0.4, -0.2) is 10.7 Å². The van der Waals surface area contributed by atoms with Gasteiger partial charge in [-0.05, 0) is 18.9 Å². The summed E-state index contributed by atoms with van der Waals surface area (Å²) in [5.74, 6) is 0. The van der Waals surface area contributed by atoms with Gasteiger partial charge in [0.25, 0.3) is 0 Å². The van der Waals surface area contributed by atoms with Gasteiger partial charge in [0.05, 0.1) is 0 Å². The molecule has 0 aliphatic heterocycles. The van der Waals surface area contributed by atoms with E-state index in [0.29, 0.717) is 0 Å². The Morgan fingerprint density at radius 1 is 0.905 bits per heavy atom. The molecule has 21 heavy (non-hydrogen) atoms. The molecule has 0 radical (unpaired) electrons. The van der Waals surface area contributed by atoms with E-state index in [9.17, 15) is 0 Å². The van der Waals surface area contributed by atoms with Gasteiger partial charge in [-0.15, -0.1) is 0 Å². The maximum Gasteiger partial charge on any atom is 0.0147 e. The van der Waals surface area contributed by atoms with Crippen LogP contribution in [0.4, 0.5) is 0 Å². The zero-order valence-corrected chi connectivity index (χ0v) is 16.8. The zero-order chi connectivity index (χ0) is 15.6. The van der Waals surface area contributed by atoms with Crippen molar-refractivity contribution in [2.45, 2.75) is 70.6 Å². The van der Waals surface area contributed by atoms with E-state index in [4.69, 9.17) is 0 Å². The molecule has 1 aromatic carbocycles. The molecule has 0 atom stereocenters. The summed E-state index contributed by atoms with van der Waals surface area (Å²) in [6, 6.07) is 9.01. The molecule has 120 valence electrons. The number of hydrogen-bond donors (Lipinski definition) is 0. The Hall–Kier alpha value is 0.180. The van der Waals surface area contributed by atoms with E-state index >= 15 is 0 Å². The predicted octanol–water partition coefficient (Wildman–Crippen LogP) is 7.16. The molecule has 0 aliphatic rings. The van der Waals surface area contributed by atoms with Crippen LogP contribution in [0.2, 0.25) is 0 Å². The second kappa shape index (κ2) is 10.8. The molecule has 0 aromatic heterocycles. The third kappa shape index (κ3) is 6.44. The lowest BCUT2D eigenvalue weighted by molar-refractivity contribution is 0.460. The number of unbranched alkanes of at least 4 members (excludes halogenated alkanes) is 6. The highest BCUT2D eigenvalue weighted by molar-refractivity contribution is 9.09. The second-order valence-corrected chi connectivity index (χ2v) is 7.41. The molecule has 2 heteroatoms. The largest absolute Gasteiger partial charge is 0.0918 e. The van der Waals surface area contributed by atoms with E-state index in [0.717, 1.165) is 10.7 Å². The minimum absolute atomic E-state index is 0.245. The monoisotopic (exact) mass is 416 g/mol. The lowest BCUT2D eigenvalue weighted by Gasteiger charge is -2.31. The average Bonchev–Trinajstić information content (AvgIpc) is 2.51. The molecule has 0 saturated heterocycles. The van der Waals surface area contributed by atoms with Crippen molar-refractivity contribution < 1.29 is 0 Å². The number of rotatable bonds is 11. The van der Waals surface area contributed by atoms with E-state index in [2.05, 4.69) is 70.0 Å². The van der Waals surface area contributed by atoms with Gasteiger partial charge in [0.15, 0.2) is 0 Å². The highest BCUT2D eigenvalue weighted by atomic mass is 79.9. The van der Waals surface area contributed by atoms with Gasteiger partial charge >= 0.3 is 0 Å². The molecule has 0 aliphatic carbocycles. The second-order valence-electron chi connectivity index (χ2n) is 6.29. The van der Waals surface area contributed by atoms with Crippen LogP contribution in [0.15, 0.2) is 24.3 Å². The summed E-state index contributed by atoms with van der Waals surface area (Å²) in [7, 11) is 0. The van der Waals surface area contributed by atoms with Crippen molar-refractivity contribution in [1.29, 1.82) is 0 Å². The van der Waals surface area contributed by atoms with Crippen LogP contribution in [-0.2, 0) is 5.41 Å². The lowest BCUT2D eigenvalue weighted by atomic mass is 9.79. The van der Waals surface area contributed by atoms with Crippen LogP contribution in [0.3, 0.4) is 0 Å². The Labute approximate surface area is 148 Å². The molecule has 0 bridgehead atoms. The summed E-state index contributed by atoms with van der Waals surface area (Å²) >= 11 is 7.54. The third-order valence-corrected chi connectivity index (χ3v) is 6.55. The van der Waals surface area contributed by atoms with E-state index < -0.39 is 0 Å². The van der Waals surface area contributed by atoms with Crippen molar-refractivity contribution >= 4 is 31.9 Å². The van der Waals surface area contributed by atoms with E-state index in [1.54, 1.807) is 0 Å². The standard InChI is InChI=1S/C19H30Br2/c1-3-4-5-6-7-8-9-13-19(15-20,16-21)18-12-10-11-17(2)14-18/h10-12,14H,3-9,13,15-16H2,1-2H3. The molecular weight excluding hydrogens is 388 g/mol. The Morgan fingerprint density at radius 2 is 1.52 bits per heavy atom. The smallest absolute Gasteiger partial charge is 0.0147 e. The first-order valence-corrected chi connectivity index (χ1v) is 10.6. The SMILES string of the molecule is CCCCCCCCCC(CBr)(CBr)c1cccc(C)c1. The molecule has 0 amide bonds. The topological polar surface area (TPSA) is 0 Å². The molecular formula is C19H30Br2. The van der Waals surface area contributed by atoms with Crippen molar-refractivity contribution in [3.63, 3.8) is 0 Å². The highest BCUT2D eigenvalue weighted by Gasteiger charge is 2.29. The Balaban J connectivity index is 2.49. The highest BCUT2D eigenvalue weighted by Crippen LogP contribution is 2.35. The fourth-order valence-corrected chi connectivity index (χ4v) is 5.00. The molecule has 0 spiro atoms. The molecule has 0 saturated carbocycles. The van der Waals surface area contributed by atoms with Crippen LogP contribution in [0.25, 0.3) is 0 Å². The predicted molar refractivity (Wildman–Crippen MR) is 103 cm³/mol. The van der Waals surface area contributed by atoms with E-state index in [1.165, 1.54) is 62.5 Å². The van der Waals surface area contributed by atoms with Crippen LogP contribution < -0.4 is 0 Å². The van der Waals surface area contributed by atoms with Gasteiger partial charge in [0, 0.05) is 16.1 Å². The first kappa shape index (κ1) is 19.2. The summed E-state index contributed by atoms with van der Waals surface area (Å²) in [5.41, 5.74) is 3.08. The van der Waals surface area contributed by atoms with Crippen molar-refractivity contribution in [2.24, 2.45) is 0 Å². The van der Waals surface area contributed by atoms with Crippen LogP contribution in [0.5, 0.6) is 0 Å². The number of benzene rings is 1. The van der Waals surface area contributed by atoms with Crippen molar-refractivity contribution in [1.82, 2.24) is 0 Å². The molecule has 0 fully saturated rings. The maximum atomic E-state index is 3.77. The van der Waals surface area contributed by atoms with Gasteiger partial charge in [0.1, 0.15) is 0 Å². The van der Waals surface area contributed by atoms with Crippen LogP contribution >= 0.6 is 31.9 Å². The first-order valence-electron chi connectivity index (χ1n) is 8.37. The van der Waals surface area contributed by atoms with Gasteiger partial charge in [-0.3, -0.25) is 0 Å². The van der Waals surface area contributed by atoms with E-state index in [1.807, 2.05) is 0 Å². The molecule has 0 N–H and O–H groups in total. The maximum absolute atomic E-state index is 3.77. The number of aryl methyl sites for hydroxylation is 1. The van der Waals surface area contributed by atoms with Crippen molar-refractivity contribution in [3.8, 4) is 0 Å². The fourth-order valence-electron chi connectivity index (χ4n) is 2.86. The minimum atomic E-state index is 0.245. The summed E-state index contributed by atoms with van der Waals surface area (Å²) in [6.45, 7) is 4.46. The van der Waals surface area contributed by atoms with Gasteiger partial charge < -0.3 is 0 Å². The van der Waals surface area contributed by atoms with E-state index in [-0.39, 0.29) is 5.41 Å². The van der Waals surface area contributed by atoms with Gasteiger partial charge in [0.2, 0.25) is 0 Å². The Bertz CT molecular complexity index is 383. The first-order chi connectivity index (χ1) is 10.2. The van der Waals surface area contributed by atoms with Gasteiger partial charge in [-0.2, -0.15) is 0 Å². The minimum Gasteiger partial charge on any atom is -0.0918 e. The molecule has 0 nitrogen and oxygen atoms in total. The summed E-state index contributed by atoms with van der Waals surface area (Å²) in [6.07, 6.45) is 10.9. The van der Waals surface area contributed by atoms with Crippen molar-refractivity contribution in [3.05, 3.63) is 35.4 Å². The van der Waals surface area contributed by atoms with Crippen molar-refractivity contribution in [2.75, 3.05) is 10.7 Å². The van der Waals surface area contributed by atoms with Crippen LogP contribution in [0.1, 0.15) is 69.4 Å². The summed E-state index contributed by atoms with van der Waals surface area (Å²) in [4.78, 5) is 0. The number of halogens is 2. The van der Waals surface area contributed by atoms with Gasteiger partial charge in [-0.25, -0.2) is 0 Å². The van der Waals surface area contributed by atoms with Crippen LogP contribution in [0, 0.1) is 6.92 Å². The zero-order valence-electron chi connectivity index (χ0n) is 13.6. The normalized spacial score (nSPS) is 11.8. The molecule has 1 aromatic rings. The third-order valence-electron chi connectivity index (χ3n) is 4.40. The average molecular weight is 418 g/mol. The lowest BCUT2D eigenvalue weighted by Crippen LogP contribution is -2.30. The Kier molecular flexibility index (Phi) is 9.92.